The third-order valence-electron chi connectivity index (χ3n) is 2.47. The molecular weight excluding hydrogens is 238 g/mol. The molecule has 1 rings (SSSR count). The Morgan fingerprint density at radius 2 is 2.06 bits per heavy atom. The minimum atomic E-state index is -0.257. The second-order valence-corrected chi connectivity index (χ2v) is 7.44. The van der Waals surface area contributed by atoms with Crippen LogP contribution in [0.5, 0.6) is 0 Å². The second kappa shape index (κ2) is 5.52. The first-order chi connectivity index (χ1) is 7.30. The summed E-state index contributed by atoms with van der Waals surface area (Å²) in [6.07, 6.45) is -0.257. The Morgan fingerprint density at radius 1 is 1.44 bits per heavy atom. The lowest BCUT2D eigenvalue weighted by Gasteiger charge is -2.14. The topological polar surface area (TPSA) is 33.1 Å². The van der Waals surface area contributed by atoms with Crippen molar-refractivity contribution < 1.29 is 5.11 Å². The van der Waals surface area contributed by atoms with Gasteiger partial charge in [0.25, 0.3) is 0 Å². The number of aromatic nitrogens is 1. The number of rotatable bonds is 4. The van der Waals surface area contributed by atoms with Gasteiger partial charge in [0.2, 0.25) is 0 Å². The van der Waals surface area contributed by atoms with Crippen LogP contribution in [0.15, 0.2) is 5.38 Å². The van der Waals surface area contributed by atoms with Crippen LogP contribution in [0.4, 0.5) is 0 Å². The van der Waals surface area contributed by atoms with Crippen LogP contribution in [-0.4, -0.2) is 21.4 Å². The molecule has 2 nitrogen and oxygen atoms in total. The van der Waals surface area contributed by atoms with Crippen LogP contribution in [0, 0.1) is 0 Å². The maximum atomic E-state index is 9.40. The highest BCUT2D eigenvalue weighted by atomic mass is 32.2. The van der Waals surface area contributed by atoms with Gasteiger partial charge in [-0.15, -0.1) is 23.1 Å². The third-order valence-corrected chi connectivity index (χ3v) is 4.86. The van der Waals surface area contributed by atoms with Gasteiger partial charge in [-0.2, -0.15) is 0 Å². The van der Waals surface area contributed by atoms with E-state index < -0.39 is 0 Å². The fraction of sp³-hybridized carbons (Fsp3) is 0.750. The molecule has 0 fully saturated rings. The molecule has 0 bridgehead atoms. The van der Waals surface area contributed by atoms with E-state index in [1.807, 2.05) is 13.8 Å². The molecule has 1 aromatic heterocycles. The molecule has 92 valence electrons. The summed E-state index contributed by atoms with van der Waals surface area (Å²) in [7, 11) is 0. The second-order valence-electron chi connectivity index (χ2n) is 5.13. The minimum absolute atomic E-state index is 0.134. The number of aliphatic hydroxyl groups is 1. The molecule has 0 saturated heterocycles. The van der Waals surface area contributed by atoms with Gasteiger partial charge in [0.1, 0.15) is 5.01 Å². The van der Waals surface area contributed by atoms with Gasteiger partial charge in [-0.25, -0.2) is 4.98 Å². The van der Waals surface area contributed by atoms with Crippen LogP contribution >= 0.6 is 23.1 Å². The molecule has 2 atom stereocenters. The Labute approximate surface area is 106 Å². The Kier molecular flexibility index (Phi) is 4.83. The summed E-state index contributed by atoms with van der Waals surface area (Å²) in [5.41, 5.74) is 1.30. The third kappa shape index (κ3) is 4.07. The highest BCUT2D eigenvalue weighted by Gasteiger charge is 2.18. The monoisotopic (exact) mass is 259 g/mol. The fourth-order valence-electron chi connectivity index (χ4n) is 1.06. The lowest BCUT2D eigenvalue weighted by molar-refractivity contribution is 0.196. The van der Waals surface area contributed by atoms with Gasteiger partial charge >= 0.3 is 0 Å². The first-order valence-electron chi connectivity index (χ1n) is 5.55. The average Bonchev–Trinajstić information content (AvgIpc) is 2.61. The zero-order chi connectivity index (χ0) is 12.3. The number of aliphatic hydroxyl groups excluding tert-OH is 1. The van der Waals surface area contributed by atoms with Gasteiger partial charge in [-0.05, 0) is 6.92 Å². The number of thioether (sulfide) groups is 1. The number of hydrogen-bond acceptors (Lipinski definition) is 4. The smallest absolute Gasteiger partial charge is 0.103 e. The Bertz CT molecular complexity index is 328. The van der Waals surface area contributed by atoms with E-state index >= 15 is 0 Å². The molecule has 0 aromatic carbocycles. The van der Waals surface area contributed by atoms with Crippen molar-refractivity contribution in [2.75, 3.05) is 0 Å². The maximum Gasteiger partial charge on any atom is 0.103 e. The molecule has 1 aromatic rings. The summed E-state index contributed by atoms with van der Waals surface area (Å²) >= 11 is 3.48. The van der Waals surface area contributed by atoms with E-state index in [0.717, 1.165) is 16.5 Å². The summed E-state index contributed by atoms with van der Waals surface area (Å²) in [6.45, 7) is 10.4. The quantitative estimate of drug-likeness (QED) is 0.899. The average molecular weight is 259 g/mol. The van der Waals surface area contributed by atoms with Gasteiger partial charge in [-0.3, -0.25) is 0 Å². The standard InChI is InChI=1S/C12H21NOS2/c1-8(14)9(2)15-7-11-13-10(6-16-11)12(3,4)5/h6,8-9,14H,7H2,1-5H3. The van der Waals surface area contributed by atoms with Gasteiger partial charge < -0.3 is 5.11 Å². The molecular formula is C12H21NOS2. The molecule has 16 heavy (non-hydrogen) atoms. The zero-order valence-corrected chi connectivity index (χ0v) is 12.3. The number of thiazole rings is 1. The van der Waals surface area contributed by atoms with Gasteiger partial charge in [0.05, 0.1) is 11.8 Å². The van der Waals surface area contributed by atoms with E-state index in [0.29, 0.717) is 0 Å². The molecule has 0 aliphatic carbocycles. The van der Waals surface area contributed by atoms with Gasteiger partial charge in [-0.1, -0.05) is 27.7 Å². The highest BCUT2D eigenvalue weighted by Crippen LogP contribution is 2.27. The number of hydrogen-bond donors (Lipinski definition) is 1. The van der Waals surface area contributed by atoms with Crippen molar-refractivity contribution >= 4 is 23.1 Å². The molecule has 1 N–H and O–H groups in total. The normalized spacial score (nSPS) is 16.1. The molecule has 0 saturated carbocycles. The predicted octanol–water partition coefficient (Wildman–Crippen LogP) is 3.44. The van der Waals surface area contributed by atoms with Crippen molar-refractivity contribution in [1.29, 1.82) is 0 Å². The molecule has 0 aliphatic rings. The first-order valence-corrected chi connectivity index (χ1v) is 7.48. The minimum Gasteiger partial charge on any atom is -0.392 e. The van der Waals surface area contributed by atoms with Crippen molar-refractivity contribution in [3.05, 3.63) is 16.1 Å². The molecule has 4 heteroatoms. The van der Waals surface area contributed by atoms with Gasteiger partial charge in [0.15, 0.2) is 0 Å². The molecule has 0 radical (unpaired) electrons. The molecule has 2 unspecified atom stereocenters. The van der Waals surface area contributed by atoms with Crippen LogP contribution in [0.25, 0.3) is 0 Å². The van der Waals surface area contributed by atoms with Crippen LogP contribution in [0.3, 0.4) is 0 Å². The Morgan fingerprint density at radius 3 is 2.50 bits per heavy atom. The van der Waals surface area contributed by atoms with Crippen molar-refractivity contribution in [3.8, 4) is 0 Å². The lowest BCUT2D eigenvalue weighted by atomic mass is 9.93. The highest BCUT2D eigenvalue weighted by molar-refractivity contribution is 7.99. The Balaban J connectivity index is 2.53. The first kappa shape index (κ1) is 14.0. The predicted molar refractivity (Wildman–Crippen MR) is 73.3 cm³/mol. The van der Waals surface area contributed by atoms with E-state index in [4.69, 9.17) is 0 Å². The van der Waals surface area contributed by atoms with Crippen LogP contribution in [-0.2, 0) is 11.2 Å². The van der Waals surface area contributed by atoms with E-state index in [1.54, 1.807) is 23.1 Å². The maximum absolute atomic E-state index is 9.40. The summed E-state index contributed by atoms with van der Waals surface area (Å²) in [6, 6.07) is 0. The van der Waals surface area contributed by atoms with E-state index in [2.05, 4.69) is 31.1 Å². The van der Waals surface area contributed by atoms with Crippen LogP contribution in [0.1, 0.15) is 45.3 Å². The van der Waals surface area contributed by atoms with Gasteiger partial charge in [0, 0.05) is 21.8 Å². The lowest BCUT2D eigenvalue weighted by Crippen LogP contribution is -2.15. The zero-order valence-electron chi connectivity index (χ0n) is 10.7. The van der Waals surface area contributed by atoms with E-state index in [9.17, 15) is 5.11 Å². The molecule has 0 amide bonds. The van der Waals surface area contributed by atoms with Crippen molar-refractivity contribution in [3.63, 3.8) is 0 Å². The van der Waals surface area contributed by atoms with E-state index in [-0.39, 0.29) is 16.8 Å². The van der Waals surface area contributed by atoms with E-state index in [1.165, 1.54) is 0 Å². The SMILES string of the molecule is CC(O)C(C)SCc1nc(C(C)(C)C)cs1. The van der Waals surface area contributed by atoms with Crippen molar-refractivity contribution in [2.45, 2.75) is 57.1 Å². The van der Waals surface area contributed by atoms with Crippen LogP contribution in [0.2, 0.25) is 0 Å². The number of nitrogens with zero attached hydrogens (tertiary/aromatic N) is 1. The molecule has 0 aliphatic heterocycles. The summed E-state index contributed by atoms with van der Waals surface area (Å²) in [5.74, 6) is 0.896. The van der Waals surface area contributed by atoms with Crippen molar-refractivity contribution in [1.82, 2.24) is 4.98 Å². The molecule has 0 spiro atoms. The largest absolute Gasteiger partial charge is 0.392 e. The summed E-state index contributed by atoms with van der Waals surface area (Å²) in [5, 5.41) is 13.0. The summed E-state index contributed by atoms with van der Waals surface area (Å²) < 4.78 is 0. The fourth-order valence-corrected chi connectivity index (χ4v) is 3.09. The molecule has 1 heterocycles. The Hall–Kier alpha value is -0.0600. The van der Waals surface area contributed by atoms with Crippen molar-refractivity contribution in [2.24, 2.45) is 0 Å². The van der Waals surface area contributed by atoms with Crippen LogP contribution < -0.4 is 0 Å². The summed E-state index contributed by atoms with van der Waals surface area (Å²) in [4.78, 5) is 4.63.